The molecule has 0 aliphatic carbocycles. The van der Waals surface area contributed by atoms with Crippen LogP contribution in [-0.2, 0) is 29.0 Å². The molecule has 0 aliphatic rings. The Balaban J connectivity index is 0. The molecule has 44 valence electrons. The summed E-state index contributed by atoms with van der Waals surface area (Å²) in [6, 6.07) is 0. The summed E-state index contributed by atoms with van der Waals surface area (Å²) in [6.45, 7) is 3.57. The molecule has 0 heterocycles. The van der Waals surface area contributed by atoms with E-state index < -0.39 is 0 Å². The van der Waals surface area contributed by atoms with Crippen LogP contribution in [0, 0.1) is 6.92 Å². The Morgan fingerprint density at radius 1 is 1.75 bits per heavy atom. The van der Waals surface area contributed by atoms with E-state index in [1.165, 1.54) is 7.11 Å². The predicted octanol–water partition coefficient (Wildman–Crippen LogP) is 0.424. The van der Waals surface area contributed by atoms with E-state index in [0.717, 1.165) is 0 Å². The van der Waals surface area contributed by atoms with E-state index in [1.54, 1.807) is 0 Å². The minimum absolute atomic E-state index is 0. The largest absolute Gasteiger partial charge is 0.377 e. The van der Waals surface area contributed by atoms with Crippen LogP contribution in [0.5, 0.6) is 0 Å². The van der Waals surface area contributed by atoms with Gasteiger partial charge in [0.25, 0.3) is 0 Å². The average molecular weight is 167 g/mol. The molecule has 8 heavy (non-hydrogen) atoms. The van der Waals surface area contributed by atoms with E-state index in [9.17, 15) is 4.79 Å². The van der Waals surface area contributed by atoms with Crippen molar-refractivity contribution in [3.8, 4) is 0 Å². The molecule has 2 nitrogen and oxygen atoms in total. The summed E-state index contributed by atoms with van der Waals surface area (Å²) in [5, 5.41) is 0. The topological polar surface area (TPSA) is 26.3 Å². The van der Waals surface area contributed by atoms with Crippen molar-refractivity contribution in [1.82, 2.24) is 0 Å². The first-order chi connectivity index (χ1) is 3.31. The summed E-state index contributed by atoms with van der Waals surface area (Å²) in [4.78, 5) is 10.2. The summed E-state index contributed by atoms with van der Waals surface area (Å²) < 4.78 is 4.50. The molecule has 0 saturated carbocycles. The van der Waals surface area contributed by atoms with Crippen LogP contribution in [0.3, 0.4) is 0 Å². The molecule has 0 unspecified atom stereocenters. The molecule has 0 aliphatic heterocycles. The van der Waals surface area contributed by atoms with E-state index >= 15 is 0 Å². The van der Waals surface area contributed by atoms with E-state index in [-0.39, 0.29) is 31.9 Å². The number of Topliss-reactive ketones (excluding diaryl/α,β-unsaturated/α-hetero) is 1. The van der Waals surface area contributed by atoms with Crippen molar-refractivity contribution in [2.75, 3.05) is 13.7 Å². The van der Waals surface area contributed by atoms with E-state index in [1.807, 2.05) is 0 Å². The quantitative estimate of drug-likeness (QED) is 0.449. The maximum atomic E-state index is 10.2. The van der Waals surface area contributed by atoms with Crippen LogP contribution < -0.4 is 0 Å². The minimum atomic E-state index is 0. The van der Waals surface area contributed by atoms with Gasteiger partial charge in [0.05, 0.1) is 0 Å². The molecule has 0 spiro atoms. The second-order valence-electron chi connectivity index (χ2n) is 1.22. The van der Waals surface area contributed by atoms with Crippen molar-refractivity contribution in [1.29, 1.82) is 0 Å². The molecule has 0 N–H and O–H groups in total. The van der Waals surface area contributed by atoms with Gasteiger partial charge in [0.2, 0.25) is 0 Å². The fraction of sp³-hybridized carbons (Fsp3) is 0.600. The van der Waals surface area contributed by atoms with Gasteiger partial charge in [-0.3, -0.25) is 0 Å². The first kappa shape index (κ1) is 11.1. The van der Waals surface area contributed by atoms with Gasteiger partial charge < -0.3 is 16.5 Å². The van der Waals surface area contributed by atoms with Gasteiger partial charge in [0, 0.05) is 26.6 Å². The molecule has 0 saturated heterocycles. The van der Waals surface area contributed by atoms with Gasteiger partial charge in [0.15, 0.2) is 0 Å². The van der Waals surface area contributed by atoms with Crippen LogP contribution in [0.1, 0.15) is 6.42 Å². The number of rotatable bonds is 3. The zero-order valence-electron chi connectivity index (χ0n) is 5.14. The molecule has 3 heteroatoms. The molecular weight excluding hydrogens is 157 g/mol. The van der Waals surface area contributed by atoms with Gasteiger partial charge in [-0.2, -0.15) is 0 Å². The van der Waals surface area contributed by atoms with Gasteiger partial charge in [-0.05, 0) is 0 Å². The zero-order valence-corrected chi connectivity index (χ0v) is 8.11. The summed E-state index contributed by atoms with van der Waals surface area (Å²) in [5.41, 5.74) is 0. The smallest absolute Gasteiger partial charge is 0.128 e. The molecule has 0 aromatic heterocycles. The van der Waals surface area contributed by atoms with Crippen LogP contribution in [0.25, 0.3) is 0 Å². The zero-order chi connectivity index (χ0) is 5.70. The Morgan fingerprint density at radius 3 is 2.38 bits per heavy atom. The number of hydrogen-bond donors (Lipinski definition) is 0. The van der Waals surface area contributed by atoms with Crippen LogP contribution >= 0.6 is 0 Å². The Kier molecular flexibility index (Phi) is 10.1. The van der Waals surface area contributed by atoms with Crippen molar-refractivity contribution >= 4 is 5.78 Å². The van der Waals surface area contributed by atoms with Crippen molar-refractivity contribution in [2.45, 2.75) is 6.42 Å². The maximum Gasteiger partial charge on any atom is 0.128 e. The number of carbonyl (C=O) groups excluding carboxylic acids is 1. The Hall–Kier alpha value is 0.253. The molecule has 0 fully saturated rings. The number of hydrogen-bond acceptors (Lipinski definition) is 2. The fourth-order valence-electron chi connectivity index (χ4n) is 0.233. The van der Waals surface area contributed by atoms with Crippen LogP contribution in [0.4, 0.5) is 0 Å². The average Bonchev–Trinajstić information content (AvgIpc) is 1.68. The van der Waals surface area contributed by atoms with E-state index in [0.29, 0.717) is 6.42 Å². The second-order valence-corrected chi connectivity index (χ2v) is 1.22. The SMILES string of the molecule is [CH2-]CC(=O)COC.[Zn]. The van der Waals surface area contributed by atoms with Crippen molar-refractivity contribution < 1.29 is 29.0 Å². The summed E-state index contributed by atoms with van der Waals surface area (Å²) in [5.74, 6) is 0.0440. The summed E-state index contributed by atoms with van der Waals surface area (Å²) >= 11 is 0. The third-order valence-electron chi connectivity index (χ3n) is 0.584. The Bertz CT molecular complexity index is 63.4. The van der Waals surface area contributed by atoms with Crippen LogP contribution in [0.15, 0.2) is 0 Å². The number of ether oxygens (including phenoxy) is 1. The van der Waals surface area contributed by atoms with Crippen LogP contribution in [-0.4, -0.2) is 19.5 Å². The minimum Gasteiger partial charge on any atom is -0.377 e. The molecule has 0 atom stereocenters. The standard InChI is InChI=1S/C5H9O2.Zn/c1-3-5(6)4-7-2;/h1,3-4H2,2H3;/q-1;. The number of carbonyl (C=O) groups is 1. The van der Waals surface area contributed by atoms with Crippen molar-refractivity contribution in [3.63, 3.8) is 0 Å². The molecule has 0 amide bonds. The number of ketones is 1. The van der Waals surface area contributed by atoms with Gasteiger partial charge in [-0.15, -0.1) is 6.42 Å². The van der Waals surface area contributed by atoms with Gasteiger partial charge in [-0.25, -0.2) is 0 Å². The normalized spacial score (nSPS) is 7.75. The second kappa shape index (κ2) is 7.25. The first-order valence-corrected chi connectivity index (χ1v) is 2.11. The van der Waals surface area contributed by atoms with Gasteiger partial charge in [0.1, 0.15) is 12.4 Å². The molecule has 0 bridgehead atoms. The Labute approximate surface area is 62.4 Å². The molecule has 0 rings (SSSR count). The Morgan fingerprint density at radius 2 is 2.25 bits per heavy atom. The molecule has 0 aromatic carbocycles. The molecule has 0 radical (unpaired) electrons. The van der Waals surface area contributed by atoms with E-state index in [2.05, 4.69) is 11.7 Å². The maximum absolute atomic E-state index is 10.2. The van der Waals surface area contributed by atoms with Crippen molar-refractivity contribution in [3.05, 3.63) is 6.92 Å². The third-order valence-corrected chi connectivity index (χ3v) is 0.584. The molecule has 0 aromatic rings. The van der Waals surface area contributed by atoms with Gasteiger partial charge >= 0.3 is 0 Å². The monoisotopic (exact) mass is 165 g/mol. The fourth-order valence-corrected chi connectivity index (χ4v) is 0.233. The van der Waals surface area contributed by atoms with Gasteiger partial charge in [-0.1, -0.05) is 0 Å². The summed E-state index contributed by atoms with van der Waals surface area (Å²) in [6.07, 6.45) is 0.327. The summed E-state index contributed by atoms with van der Waals surface area (Å²) in [7, 11) is 1.49. The third kappa shape index (κ3) is 6.25. The first-order valence-electron chi connectivity index (χ1n) is 2.11. The van der Waals surface area contributed by atoms with Crippen molar-refractivity contribution in [2.24, 2.45) is 0 Å². The van der Waals surface area contributed by atoms with E-state index in [4.69, 9.17) is 0 Å². The predicted molar refractivity (Wildman–Crippen MR) is 26.9 cm³/mol. The number of methoxy groups -OCH3 is 1. The van der Waals surface area contributed by atoms with Crippen LogP contribution in [0.2, 0.25) is 0 Å². The molecular formula is C5H9O2Zn-.